The van der Waals surface area contributed by atoms with Gasteiger partial charge in [0.2, 0.25) is 5.91 Å². The number of carbonyl (C=O) groups excluding carboxylic acids is 2. The Balaban J connectivity index is 2.74. The van der Waals surface area contributed by atoms with Crippen LogP contribution in [0.2, 0.25) is 0 Å². The summed E-state index contributed by atoms with van der Waals surface area (Å²) in [6.45, 7) is 7.26. The minimum Gasteiger partial charge on any atom is -0.352 e. The van der Waals surface area contributed by atoms with Gasteiger partial charge in [-0.2, -0.15) is 0 Å². The van der Waals surface area contributed by atoms with E-state index in [1.807, 2.05) is 32.9 Å². The first kappa shape index (κ1) is 15.6. The van der Waals surface area contributed by atoms with E-state index in [4.69, 9.17) is 0 Å². The van der Waals surface area contributed by atoms with Crippen LogP contribution >= 0.6 is 12.6 Å². The number of carbonyl (C=O) groups is 2. The largest absolute Gasteiger partial charge is 0.352 e. The number of aryl methyl sites for hydroxylation is 1. The highest BCUT2D eigenvalue weighted by Gasteiger charge is 2.18. The smallest absolute Gasteiger partial charge is 0.252 e. The van der Waals surface area contributed by atoms with Gasteiger partial charge in [0.05, 0.1) is 0 Å². The molecular formula is C14H20N2O2S. The topological polar surface area (TPSA) is 58.2 Å². The van der Waals surface area contributed by atoms with Crippen molar-refractivity contribution in [2.45, 2.75) is 44.7 Å². The molecule has 0 aliphatic carbocycles. The summed E-state index contributed by atoms with van der Waals surface area (Å²) in [4.78, 5) is 24.5. The molecule has 0 aromatic heterocycles. The van der Waals surface area contributed by atoms with E-state index in [1.165, 1.54) is 0 Å². The molecule has 2 amide bonds. The highest BCUT2D eigenvalue weighted by Crippen LogP contribution is 2.14. The molecule has 1 rings (SSSR count). The molecule has 0 bridgehead atoms. The molecule has 0 fully saturated rings. The summed E-state index contributed by atoms with van der Waals surface area (Å²) in [5.41, 5.74) is 1.39. The average molecular weight is 280 g/mol. The van der Waals surface area contributed by atoms with Gasteiger partial charge in [0.1, 0.15) is 6.04 Å². The van der Waals surface area contributed by atoms with Crippen LogP contribution in [-0.2, 0) is 4.79 Å². The Labute approximate surface area is 119 Å². The highest BCUT2D eigenvalue weighted by molar-refractivity contribution is 7.80. The molecule has 0 saturated heterocycles. The standard InChI is InChI=1S/C14H20N2O2S/c1-8(2)15-13(17)10(4)16-14(18)12-7-11(19)6-5-9(12)3/h5-8,10,19H,1-4H3,(H,15,17)(H,16,18). The van der Waals surface area contributed by atoms with Crippen molar-refractivity contribution in [1.82, 2.24) is 10.6 Å². The van der Waals surface area contributed by atoms with E-state index in [2.05, 4.69) is 23.3 Å². The SMILES string of the molecule is Cc1ccc(S)cc1C(=O)NC(C)C(=O)NC(C)C. The quantitative estimate of drug-likeness (QED) is 0.738. The van der Waals surface area contributed by atoms with Crippen molar-refractivity contribution in [2.75, 3.05) is 0 Å². The van der Waals surface area contributed by atoms with Gasteiger partial charge in [0, 0.05) is 16.5 Å². The summed E-state index contributed by atoms with van der Waals surface area (Å²) < 4.78 is 0. The second kappa shape index (κ2) is 6.61. The lowest BCUT2D eigenvalue weighted by atomic mass is 10.1. The third-order valence-electron chi connectivity index (χ3n) is 2.64. The van der Waals surface area contributed by atoms with E-state index in [1.54, 1.807) is 13.0 Å². The Hall–Kier alpha value is -1.49. The van der Waals surface area contributed by atoms with Crippen LogP contribution in [0.5, 0.6) is 0 Å². The Morgan fingerprint density at radius 1 is 1.16 bits per heavy atom. The molecule has 1 unspecified atom stereocenters. The molecule has 5 heteroatoms. The first-order valence-electron chi connectivity index (χ1n) is 6.22. The molecule has 0 aliphatic heterocycles. The van der Waals surface area contributed by atoms with Crippen molar-refractivity contribution in [3.63, 3.8) is 0 Å². The predicted octanol–water partition coefficient (Wildman–Crippen LogP) is 1.93. The van der Waals surface area contributed by atoms with Crippen molar-refractivity contribution in [3.8, 4) is 0 Å². The Morgan fingerprint density at radius 3 is 2.37 bits per heavy atom. The second-order valence-electron chi connectivity index (χ2n) is 4.86. The molecule has 0 spiro atoms. The zero-order chi connectivity index (χ0) is 14.6. The normalized spacial score (nSPS) is 12.1. The maximum Gasteiger partial charge on any atom is 0.252 e. The van der Waals surface area contributed by atoms with Gasteiger partial charge < -0.3 is 10.6 Å². The van der Waals surface area contributed by atoms with Crippen LogP contribution in [0, 0.1) is 6.92 Å². The van der Waals surface area contributed by atoms with Crippen LogP contribution < -0.4 is 10.6 Å². The number of rotatable bonds is 4. The fraction of sp³-hybridized carbons (Fsp3) is 0.429. The monoisotopic (exact) mass is 280 g/mol. The maximum absolute atomic E-state index is 12.1. The van der Waals surface area contributed by atoms with Crippen LogP contribution in [0.25, 0.3) is 0 Å². The summed E-state index contributed by atoms with van der Waals surface area (Å²) >= 11 is 4.21. The molecule has 104 valence electrons. The molecule has 0 saturated carbocycles. The lowest BCUT2D eigenvalue weighted by Crippen LogP contribution is -2.46. The maximum atomic E-state index is 12.1. The number of amides is 2. The van der Waals surface area contributed by atoms with Crippen LogP contribution in [0.1, 0.15) is 36.7 Å². The summed E-state index contributed by atoms with van der Waals surface area (Å²) in [5, 5.41) is 5.44. The van der Waals surface area contributed by atoms with Crippen LogP contribution in [0.4, 0.5) is 0 Å². The number of hydrogen-bond donors (Lipinski definition) is 3. The molecule has 4 nitrogen and oxygen atoms in total. The lowest BCUT2D eigenvalue weighted by Gasteiger charge is -2.16. The summed E-state index contributed by atoms with van der Waals surface area (Å²) in [7, 11) is 0. The Morgan fingerprint density at radius 2 is 1.79 bits per heavy atom. The van der Waals surface area contributed by atoms with E-state index in [0.29, 0.717) is 5.56 Å². The molecule has 1 aromatic rings. The zero-order valence-corrected chi connectivity index (χ0v) is 12.5. The van der Waals surface area contributed by atoms with E-state index >= 15 is 0 Å². The summed E-state index contributed by atoms with van der Waals surface area (Å²) in [6, 6.07) is 4.83. The third-order valence-corrected chi connectivity index (χ3v) is 2.92. The van der Waals surface area contributed by atoms with Crippen LogP contribution in [-0.4, -0.2) is 23.9 Å². The predicted molar refractivity (Wildman–Crippen MR) is 78.6 cm³/mol. The molecule has 19 heavy (non-hydrogen) atoms. The van der Waals surface area contributed by atoms with Crippen LogP contribution in [0.15, 0.2) is 23.1 Å². The number of thiol groups is 1. The van der Waals surface area contributed by atoms with Crippen LogP contribution in [0.3, 0.4) is 0 Å². The van der Waals surface area contributed by atoms with Crippen molar-refractivity contribution in [3.05, 3.63) is 29.3 Å². The average Bonchev–Trinajstić information content (AvgIpc) is 2.31. The molecule has 1 aromatic carbocycles. The van der Waals surface area contributed by atoms with Crippen molar-refractivity contribution in [1.29, 1.82) is 0 Å². The Kier molecular flexibility index (Phi) is 5.42. The lowest BCUT2D eigenvalue weighted by molar-refractivity contribution is -0.123. The van der Waals surface area contributed by atoms with Gasteiger partial charge in [-0.15, -0.1) is 12.6 Å². The molecule has 0 heterocycles. The van der Waals surface area contributed by atoms with Gasteiger partial charge in [-0.05, 0) is 45.4 Å². The van der Waals surface area contributed by atoms with Gasteiger partial charge >= 0.3 is 0 Å². The summed E-state index contributed by atoms with van der Waals surface area (Å²) in [6.07, 6.45) is 0. The van der Waals surface area contributed by atoms with E-state index in [0.717, 1.165) is 10.5 Å². The minimum absolute atomic E-state index is 0.0503. The zero-order valence-electron chi connectivity index (χ0n) is 11.7. The molecule has 0 aliphatic rings. The van der Waals surface area contributed by atoms with Crippen molar-refractivity contribution < 1.29 is 9.59 Å². The number of nitrogens with one attached hydrogen (secondary N) is 2. The Bertz CT molecular complexity index is 486. The van der Waals surface area contributed by atoms with Gasteiger partial charge in [0.25, 0.3) is 5.91 Å². The fourth-order valence-corrected chi connectivity index (χ4v) is 1.81. The highest BCUT2D eigenvalue weighted by atomic mass is 32.1. The van der Waals surface area contributed by atoms with Gasteiger partial charge in [-0.3, -0.25) is 9.59 Å². The number of hydrogen-bond acceptors (Lipinski definition) is 3. The second-order valence-corrected chi connectivity index (χ2v) is 5.37. The first-order valence-corrected chi connectivity index (χ1v) is 6.67. The molecule has 2 N–H and O–H groups in total. The first-order chi connectivity index (χ1) is 8.81. The molecule has 0 radical (unpaired) electrons. The third kappa shape index (κ3) is 4.59. The number of benzene rings is 1. The van der Waals surface area contributed by atoms with Crippen molar-refractivity contribution >= 4 is 24.4 Å². The van der Waals surface area contributed by atoms with Gasteiger partial charge in [-0.25, -0.2) is 0 Å². The van der Waals surface area contributed by atoms with E-state index in [-0.39, 0.29) is 17.9 Å². The van der Waals surface area contributed by atoms with Crippen molar-refractivity contribution in [2.24, 2.45) is 0 Å². The minimum atomic E-state index is -0.571. The molecular weight excluding hydrogens is 260 g/mol. The van der Waals surface area contributed by atoms with Gasteiger partial charge in [-0.1, -0.05) is 6.07 Å². The van der Waals surface area contributed by atoms with Gasteiger partial charge in [0.15, 0.2) is 0 Å². The molecule has 1 atom stereocenters. The van der Waals surface area contributed by atoms with E-state index in [9.17, 15) is 9.59 Å². The summed E-state index contributed by atoms with van der Waals surface area (Å²) in [5.74, 6) is -0.456. The fourth-order valence-electron chi connectivity index (χ4n) is 1.60. The van der Waals surface area contributed by atoms with E-state index < -0.39 is 6.04 Å².